The summed E-state index contributed by atoms with van der Waals surface area (Å²) in [5, 5.41) is 11.7. The Morgan fingerprint density at radius 3 is 2.83 bits per heavy atom. The summed E-state index contributed by atoms with van der Waals surface area (Å²) in [6, 6.07) is 11.5. The molecule has 0 unspecified atom stereocenters. The van der Waals surface area contributed by atoms with Crippen molar-refractivity contribution < 1.29 is 9.90 Å². The van der Waals surface area contributed by atoms with Gasteiger partial charge in [-0.1, -0.05) is 24.3 Å². The molecule has 0 aliphatic heterocycles. The van der Waals surface area contributed by atoms with Crippen LogP contribution >= 0.6 is 11.3 Å². The fraction of sp³-hybridized carbons (Fsp3) is 0. The average Bonchev–Trinajstić information content (AvgIpc) is 2.87. The van der Waals surface area contributed by atoms with Gasteiger partial charge in [0.25, 0.3) is 0 Å². The highest BCUT2D eigenvalue weighted by Gasteiger charge is 2.10. The second kappa shape index (κ2) is 4.23. The monoisotopic (exact) mass is 255 g/mol. The van der Waals surface area contributed by atoms with E-state index in [0.29, 0.717) is 5.56 Å². The molecular weight excluding hydrogens is 246 g/mol. The van der Waals surface area contributed by atoms with Crippen molar-refractivity contribution in [3.05, 3.63) is 53.5 Å². The third-order valence-electron chi connectivity index (χ3n) is 2.74. The SMILES string of the molecule is O=C(O)c1csc(-c2cccc3cccnc23)c1. The largest absolute Gasteiger partial charge is 0.478 e. The molecule has 0 radical (unpaired) electrons. The minimum atomic E-state index is -0.898. The Morgan fingerprint density at radius 1 is 1.22 bits per heavy atom. The predicted molar refractivity (Wildman–Crippen MR) is 72.0 cm³/mol. The number of carboxylic acid groups (broad SMARTS) is 1. The fourth-order valence-electron chi connectivity index (χ4n) is 1.89. The van der Waals surface area contributed by atoms with Crippen molar-refractivity contribution in [2.75, 3.05) is 0 Å². The van der Waals surface area contributed by atoms with E-state index in [2.05, 4.69) is 4.98 Å². The lowest BCUT2D eigenvalue weighted by Crippen LogP contribution is -1.91. The third kappa shape index (κ3) is 1.76. The summed E-state index contributed by atoms with van der Waals surface area (Å²) in [7, 11) is 0. The molecule has 88 valence electrons. The van der Waals surface area contributed by atoms with Gasteiger partial charge in [-0.25, -0.2) is 4.79 Å². The summed E-state index contributed by atoms with van der Waals surface area (Å²) >= 11 is 1.42. The number of thiophene rings is 1. The summed E-state index contributed by atoms with van der Waals surface area (Å²) in [6.45, 7) is 0. The van der Waals surface area contributed by atoms with Crippen molar-refractivity contribution in [3.8, 4) is 10.4 Å². The van der Waals surface area contributed by atoms with E-state index >= 15 is 0 Å². The molecule has 0 aliphatic carbocycles. The number of para-hydroxylation sites is 1. The Kier molecular flexibility index (Phi) is 2.57. The highest BCUT2D eigenvalue weighted by molar-refractivity contribution is 7.14. The van der Waals surface area contributed by atoms with Crippen molar-refractivity contribution in [1.82, 2.24) is 4.98 Å². The maximum Gasteiger partial charge on any atom is 0.336 e. The van der Waals surface area contributed by atoms with Crippen LogP contribution in [0, 0.1) is 0 Å². The van der Waals surface area contributed by atoms with Gasteiger partial charge in [0.15, 0.2) is 0 Å². The summed E-state index contributed by atoms with van der Waals surface area (Å²) in [5.74, 6) is -0.898. The Morgan fingerprint density at radius 2 is 2.06 bits per heavy atom. The topological polar surface area (TPSA) is 50.2 Å². The average molecular weight is 255 g/mol. The minimum Gasteiger partial charge on any atom is -0.478 e. The van der Waals surface area contributed by atoms with E-state index in [1.165, 1.54) is 11.3 Å². The molecule has 0 fully saturated rings. The Balaban J connectivity index is 2.21. The van der Waals surface area contributed by atoms with E-state index in [9.17, 15) is 4.79 Å². The molecule has 0 atom stereocenters. The van der Waals surface area contributed by atoms with E-state index < -0.39 is 5.97 Å². The van der Waals surface area contributed by atoms with Gasteiger partial charge in [-0.3, -0.25) is 4.98 Å². The number of pyridine rings is 1. The smallest absolute Gasteiger partial charge is 0.336 e. The molecular formula is C14H9NO2S. The summed E-state index contributed by atoms with van der Waals surface area (Å²) in [4.78, 5) is 16.2. The molecule has 0 saturated carbocycles. The molecule has 1 N–H and O–H groups in total. The Labute approximate surface area is 107 Å². The van der Waals surface area contributed by atoms with Gasteiger partial charge in [-0.15, -0.1) is 11.3 Å². The van der Waals surface area contributed by atoms with E-state index in [-0.39, 0.29) is 0 Å². The molecule has 0 bridgehead atoms. The van der Waals surface area contributed by atoms with Gasteiger partial charge in [-0.2, -0.15) is 0 Å². The first-order valence-corrected chi connectivity index (χ1v) is 6.29. The van der Waals surface area contributed by atoms with E-state index in [1.54, 1.807) is 17.6 Å². The molecule has 4 heteroatoms. The number of rotatable bonds is 2. The molecule has 1 aromatic carbocycles. The van der Waals surface area contributed by atoms with Crippen LogP contribution in [0.2, 0.25) is 0 Å². The summed E-state index contributed by atoms with van der Waals surface area (Å²) < 4.78 is 0. The summed E-state index contributed by atoms with van der Waals surface area (Å²) in [5.41, 5.74) is 2.20. The molecule has 18 heavy (non-hydrogen) atoms. The zero-order chi connectivity index (χ0) is 12.5. The number of benzene rings is 1. The minimum absolute atomic E-state index is 0.322. The molecule has 2 heterocycles. The van der Waals surface area contributed by atoms with Gasteiger partial charge in [-0.05, 0) is 12.1 Å². The zero-order valence-electron chi connectivity index (χ0n) is 9.33. The van der Waals surface area contributed by atoms with Crippen LogP contribution in [0.15, 0.2) is 48.0 Å². The van der Waals surface area contributed by atoms with Crippen molar-refractivity contribution in [2.24, 2.45) is 0 Å². The van der Waals surface area contributed by atoms with Crippen LogP contribution in [0.1, 0.15) is 10.4 Å². The van der Waals surface area contributed by atoms with Gasteiger partial charge in [0, 0.05) is 27.4 Å². The Hall–Kier alpha value is -2.20. The maximum atomic E-state index is 10.9. The summed E-state index contributed by atoms with van der Waals surface area (Å²) in [6.07, 6.45) is 1.75. The number of aromatic nitrogens is 1. The first kappa shape index (κ1) is 10.9. The van der Waals surface area contributed by atoms with Gasteiger partial charge >= 0.3 is 5.97 Å². The highest BCUT2D eigenvalue weighted by Crippen LogP contribution is 2.31. The van der Waals surface area contributed by atoms with Gasteiger partial charge < -0.3 is 5.11 Å². The van der Waals surface area contributed by atoms with E-state index in [1.807, 2.05) is 30.3 Å². The predicted octanol–water partition coefficient (Wildman–Crippen LogP) is 3.66. The number of fused-ring (bicyclic) bond motifs is 1. The second-order valence-electron chi connectivity index (χ2n) is 3.89. The van der Waals surface area contributed by atoms with Crippen molar-refractivity contribution in [3.63, 3.8) is 0 Å². The van der Waals surface area contributed by atoms with Gasteiger partial charge in [0.2, 0.25) is 0 Å². The third-order valence-corrected chi connectivity index (χ3v) is 3.71. The highest BCUT2D eigenvalue weighted by atomic mass is 32.1. The van der Waals surface area contributed by atoms with Crippen LogP contribution < -0.4 is 0 Å². The molecule has 3 nitrogen and oxygen atoms in total. The van der Waals surface area contributed by atoms with Gasteiger partial charge in [0.05, 0.1) is 11.1 Å². The van der Waals surface area contributed by atoms with Crippen LogP contribution in [-0.2, 0) is 0 Å². The molecule has 0 saturated heterocycles. The van der Waals surface area contributed by atoms with Crippen molar-refractivity contribution in [1.29, 1.82) is 0 Å². The van der Waals surface area contributed by atoms with E-state index in [4.69, 9.17) is 5.11 Å². The molecule has 3 rings (SSSR count). The van der Waals surface area contributed by atoms with Crippen LogP contribution in [0.3, 0.4) is 0 Å². The first-order chi connectivity index (χ1) is 8.75. The molecule has 0 aliphatic rings. The lowest BCUT2D eigenvalue weighted by Gasteiger charge is -2.02. The van der Waals surface area contributed by atoms with Crippen LogP contribution in [0.4, 0.5) is 0 Å². The molecule has 2 aromatic heterocycles. The number of hydrogen-bond donors (Lipinski definition) is 1. The lowest BCUT2D eigenvalue weighted by atomic mass is 10.1. The maximum absolute atomic E-state index is 10.9. The Bertz CT molecular complexity index is 728. The molecule has 0 amide bonds. The molecule has 3 aromatic rings. The van der Waals surface area contributed by atoms with E-state index in [0.717, 1.165) is 21.3 Å². The lowest BCUT2D eigenvalue weighted by molar-refractivity contribution is 0.0697. The number of hydrogen-bond acceptors (Lipinski definition) is 3. The van der Waals surface area contributed by atoms with Crippen molar-refractivity contribution in [2.45, 2.75) is 0 Å². The number of carboxylic acids is 1. The van der Waals surface area contributed by atoms with Crippen LogP contribution in [-0.4, -0.2) is 16.1 Å². The standard InChI is InChI=1S/C14H9NO2S/c16-14(17)10-7-12(18-8-10)11-5-1-3-9-4-2-6-15-13(9)11/h1-8H,(H,16,17). The van der Waals surface area contributed by atoms with Crippen LogP contribution in [0.25, 0.3) is 21.3 Å². The zero-order valence-corrected chi connectivity index (χ0v) is 10.1. The number of nitrogens with zero attached hydrogens (tertiary/aromatic N) is 1. The second-order valence-corrected chi connectivity index (χ2v) is 4.80. The molecule has 0 spiro atoms. The normalized spacial score (nSPS) is 10.7. The van der Waals surface area contributed by atoms with Crippen LogP contribution in [0.5, 0.6) is 0 Å². The fourth-order valence-corrected chi connectivity index (χ4v) is 2.80. The quantitative estimate of drug-likeness (QED) is 0.760. The van der Waals surface area contributed by atoms with Gasteiger partial charge in [0.1, 0.15) is 0 Å². The van der Waals surface area contributed by atoms with Crippen molar-refractivity contribution >= 4 is 28.2 Å². The number of aromatic carboxylic acids is 1. The number of carbonyl (C=O) groups is 1. The first-order valence-electron chi connectivity index (χ1n) is 5.41.